The Hall–Kier alpha value is -2.00. The van der Waals surface area contributed by atoms with Crippen LogP contribution in [0.3, 0.4) is 0 Å². The summed E-state index contributed by atoms with van der Waals surface area (Å²) in [7, 11) is 1.68. The molecule has 124 valence electrons. The van der Waals surface area contributed by atoms with Gasteiger partial charge in [-0.25, -0.2) is 0 Å². The molecule has 2 aliphatic rings. The quantitative estimate of drug-likeness (QED) is 0.823. The van der Waals surface area contributed by atoms with E-state index in [1.165, 1.54) is 5.56 Å². The van der Waals surface area contributed by atoms with Gasteiger partial charge in [-0.1, -0.05) is 41.9 Å². The summed E-state index contributed by atoms with van der Waals surface area (Å²) >= 11 is 5.96. The number of halogens is 1. The fourth-order valence-corrected chi connectivity index (χ4v) is 3.81. The summed E-state index contributed by atoms with van der Waals surface area (Å²) in [6, 6.07) is 16.1. The molecule has 2 aromatic rings. The van der Waals surface area contributed by atoms with E-state index in [0.717, 1.165) is 35.7 Å². The summed E-state index contributed by atoms with van der Waals surface area (Å²) < 4.78 is 5.44. The predicted molar refractivity (Wildman–Crippen MR) is 94.4 cm³/mol. The van der Waals surface area contributed by atoms with Gasteiger partial charge in [0.05, 0.1) is 13.2 Å². The maximum atomic E-state index is 12.9. The molecule has 1 aliphatic heterocycles. The van der Waals surface area contributed by atoms with Crippen molar-refractivity contribution < 1.29 is 9.53 Å². The van der Waals surface area contributed by atoms with Gasteiger partial charge in [0, 0.05) is 17.5 Å². The van der Waals surface area contributed by atoms with Crippen molar-refractivity contribution in [2.75, 3.05) is 13.7 Å². The minimum atomic E-state index is 0.0939. The average molecular weight is 342 g/mol. The molecule has 0 bridgehead atoms. The third-order valence-corrected chi connectivity index (χ3v) is 5.46. The molecule has 0 spiro atoms. The largest absolute Gasteiger partial charge is 0.496 e. The summed E-state index contributed by atoms with van der Waals surface area (Å²) in [5.74, 6) is 1.55. The molecule has 1 saturated heterocycles. The van der Waals surface area contributed by atoms with Gasteiger partial charge in [0.2, 0.25) is 5.91 Å². The van der Waals surface area contributed by atoms with E-state index in [-0.39, 0.29) is 17.9 Å². The van der Waals surface area contributed by atoms with Gasteiger partial charge < -0.3 is 9.64 Å². The smallest absolute Gasteiger partial charge is 0.226 e. The van der Waals surface area contributed by atoms with Gasteiger partial charge in [0.25, 0.3) is 0 Å². The molecular formula is C20H20ClNO2. The first-order valence-corrected chi connectivity index (χ1v) is 8.75. The Kier molecular flexibility index (Phi) is 3.97. The second-order valence-electron chi connectivity index (χ2n) is 6.58. The van der Waals surface area contributed by atoms with Crippen LogP contribution in [0.4, 0.5) is 0 Å². The van der Waals surface area contributed by atoms with Crippen molar-refractivity contribution in [1.29, 1.82) is 0 Å². The van der Waals surface area contributed by atoms with E-state index in [1.807, 2.05) is 47.4 Å². The monoisotopic (exact) mass is 341 g/mol. The number of ether oxygens (including phenoxy) is 1. The van der Waals surface area contributed by atoms with Crippen molar-refractivity contribution in [3.8, 4) is 5.75 Å². The van der Waals surface area contributed by atoms with E-state index < -0.39 is 0 Å². The normalized spacial score (nSPS) is 25.1. The van der Waals surface area contributed by atoms with Crippen molar-refractivity contribution >= 4 is 17.5 Å². The van der Waals surface area contributed by atoms with Gasteiger partial charge in [0.1, 0.15) is 5.75 Å². The zero-order valence-electron chi connectivity index (χ0n) is 13.6. The van der Waals surface area contributed by atoms with Crippen LogP contribution in [-0.4, -0.2) is 24.5 Å². The highest BCUT2D eigenvalue weighted by molar-refractivity contribution is 6.30. The lowest BCUT2D eigenvalue weighted by Crippen LogP contribution is -2.46. The molecule has 0 unspecified atom stereocenters. The lowest BCUT2D eigenvalue weighted by Gasteiger charge is -2.41. The summed E-state index contributed by atoms with van der Waals surface area (Å²) in [4.78, 5) is 14.9. The minimum absolute atomic E-state index is 0.0939. The number of hydrogen-bond acceptors (Lipinski definition) is 2. The molecule has 1 aliphatic carbocycles. The Morgan fingerprint density at radius 1 is 1.17 bits per heavy atom. The first-order chi connectivity index (χ1) is 11.7. The third-order valence-electron chi connectivity index (χ3n) is 5.20. The van der Waals surface area contributed by atoms with E-state index in [9.17, 15) is 4.79 Å². The molecule has 0 aromatic heterocycles. The number of carbonyl (C=O) groups is 1. The van der Waals surface area contributed by atoms with E-state index in [0.29, 0.717) is 5.92 Å². The van der Waals surface area contributed by atoms with E-state index >= 15 is 0 Å². The highest BCUT2D eigenvalue weighted by atomic mass is 35.5. The zero-order valence-corrected chi connectivity index (χ0v) is 14.4. The molecule has 0 radical (unpaired) electrons. The van der Waals surface area contributed by atoms with Crippen LogP contribution in [0.15, 0.2) is 48.5 Å². The van der Waals surface area contributed by atoms with Crippen molar-refractivity contribution in [2.45, 2.75) is 24.8 Å². The maximum absolute atomic E-state index is 12.9. The third kappa shape index (κ3) is 2.67. The molecule has 3 nitrogen and oxygen atoms in total. The van der Waals surface area contributed by atoms with Crippen LogP contribution < -0.4 is 4.74 Å². The second kappa shape index (κ2) is 6.14. The number of amides is 1. The maximum Gasteiger partial charge on any atom is 0.226 e. The van der Waals surface area contributed by atoms with Crippen LogP contribution in [0.1, 0.15) is 35.9 Å². The number of methoxy groups -OCH3 is 1. The average Bonchev–Trinajstić information content (AvgIpc) is 3.36. The SMILES string of the molecule is COc1ccccc1[C@@H]1C[C@@H]1C(=O)N1CC[C@H]1c1ccc(Cl)cc1. The number of benzene rings is 2. The van der Waals surface area contributed by atoms with Crippen LogP contribution >= 0.6 is 11.6 Å². The molecule has 2 aromatic carbocycles. The van der Waals surface area contributed by atoms with Crippen LogP contribution in [0.25, 0.3) is 0 Å². The van der Waals surface area contributed by atoms with E-state index in [1.54, 1.807) is 7.11 Å². The van der Waals surface area contributed by atoms with Crippen LogP contribution in [0, 0.1) is 5.92 Å². The summed E-state index contributed by atoms with van der Waals surface area (Å²) in [5.41, 5.74) is 2.33. The molecular weight excluding hydrogens is 322 g/mol. The molecule has 2 fully saturated rings. The zero-order chi connectivity index (χ0) is 16.7. The highest BCUT2D eigenvalue weighted by Gasteiger charge is 2.49. The van der Waals surface area contributed by atoms with Crippen LogP contribution in [-0.2, 0) is 4.79 Å². The summed E-state index contributed by atoms with van der Waals surface area (Å²) in [6.45, 7) is 0.848. The Balaban J connectivity index is 1.46. The lowest BCUT2D eigenvalue weighted by atomic mass is 9.93. The number of hydrogen-bond donors (Lipinski definition) is 0. The Bertz CT molecular complexity index is 758. The van der Waals surface area contributed by atoms with E-state index in [4.69, 9.17) is 16.3 Å². The van der Waals surface area contributed by atoms with Gasteiger partial charge in [-0.2, -0.15) is 0 Å². The molecule has 24 heavy (non-hydrogen) atoms. The Labute approximate surface area is 147 Å². The first-order valence-electron chi connectivity index (χ1n) is 8.38. The summed E-state index contributed by atoms with van der Waals surface area (Å²) in [5, 5.41) is 0.731. The topological polar surface area (TPSA) is 29.5 Å². The molecule has 4 heteroatoms. The first kappa shape index (κ1) is 15.5. The Morgan fingerprint density at radius 2 is 1.92 bits per heavy atom. The van der Waals surface area contributed by atoms with Gasteiger partial charge >= 0.3 is 0 Å². The van der Waals surface area contributed by atoms with Gasteiger partial charge in [-0.05, 0) is 48.1 Å². The van der Waals surface area contributed by atoms with Crippen molar-refractivity contribution in [2.24, 2.45) is 5.92 Å². The lowest BCUT2D eigenvalue weighted by molar-refractivity contribution is -0.140. The van der Waals surface area contributed by atoms with Gasteiger partial charge in [-0.15, -0.1) is 0 Å². The molecule has 1 heterocycles. The minimum Gasteiger partial charge on any atom is -0.496 e. The molecule has 3 atom stereocenters. The highest BCUT2D eigenvalue weighted by Crippen LogP contribution is 2.52. The van der Waals surface area contributed by atoms with Crippen molar-refractivity contribution in [3.63, 3.8) is 0 Å². The second-order valence-corrected chi connectivity index (χ2v) is 7.01. The van der Waals surface area contributed by atoms with Gasteiger partial charge in [0.15, 0.2) is 0 Å². The van der Waals surface area contributed by atoms with Crippen molar-refractivity contribution in [1.82, 2.24) is 4.90 Å². The van der Waals surface area contributed by atoms with Gasteiger partial charge in [-0.3, -0.25) is 4.79 Å². The standard InChI is InChI=1S/C20H20ClNO2/c1-24-19-5-3-2-4-15(19)16-12-17(16)20(23)22-11-10-18(22)13-6-8-14(21)9-7-13/h2-9,16-18H,10-12H2,1H3/t16-,17-,18-/m0/s1. The molecule has 1 saturated carbocycles. The number of para-hydroxylation sites is 1. The molecule has 0 N–H and O–H groups in total. The fourth-order valence-electron chi connectivity index (χ4n) is 3.68. The van der Waals surface area contributed by atoms with E-state index in [2.05, 4.69) is 6.07 Å². The fraction of sp³-hybridized carbons (Fsp3) is 0.350. The Morgan fingerprint density at radius 3 is 2.58 bits per heavy atom. The number of nitrogens with zero attached hydrogens (tertiary/aromatic N) is 1. The molecule has 1 amide bonds. The predicted octanol–water partition coefficient (Wildman–Crippen LogP) is 4.43. The molecule has 4 rings (SSSR count). The number of likely N-dealkylation sites (tertiary alicyclic amines) is 1. The number of rotatable bonds is 4. The van der Waals surface area contributed by atoms with Crippen molar-refractivity contribution in [3.05, 3.63) is 64.7 Å². The van der Waals surface area contributed by atoms with Crippen LogP contribution in [0.2, 0.25) is 5.02 Å². The van der Waals surface area contributed by atoms with Crippen LogP contribution in [0.5, 0.6) is 5.75 Å². The summed E-state index contributed by atoms with van der Waals surface area (Å²) in [6.07, 6.45) is 1.95. The number of carbonyl (C=O) groups excluding carboxylic acids is 1.